The summed E-state index contributed by atoms with van der Waals surface area (Å²) in [6, 6.07) is 13.4. The molecule has 1 aliphatic heterocycles. The van der Waals surface area contributed by atoms with Gasteiger partial charge in [-0.05, 0) is 30.3 Å². The molecule has 24 heavy (non-hydrogen) atoms. The Bertz CT molecular complexity index is 968. The molecule has 0 fully saturated rings. The summed E-state index contributed by atoms with van der Waals surface area (Å²) in [5.74, 6) is 1.01. The number of benzene rings is 2. The van der Waals surface area contributed by atoms with Crippen molar-refractivity contribution < 1.29 is 13.9 Å². The maximum Gasteiger partial charge on any atom is 0.238 e. The van der Waals surface area contributed by atoms with Gasteiger partial charge in [-0.2, -0.15) is 5.26 Å². The van der Waals surface area contributed by atoms with Gasteiger partial charge in [0.15, 0.2) is 12.4 Å². The Kier molecular flexibility index (Phi) is 3.81. The zero-order chi connectivity index (χ0) is 16.5. The van der Waals surface area contributed by atoms with E-state index in [0.29, 0.717) is 29.4 Å². The average Bonchev–Trinajstić information content (AvgIpc) is 3.03. The molecule has 4 rings (SSSR count). The molecule has 0 spiro atoms. The van der Waals surface area contributed by atoms with Crippen LogP contribution in [0.25, 0.3) is 22.7 Å². The first-order chi connectivity index (χ1) is 11.7. The molecule has 118 valence electrons. The maximum absolute atomic E-state index is 9.54. The number of ether oxygens (including phenoxy) is 2. The molecule has 0 saturated carbocycles. The second-order valence-electron chi connectivity index (χ2n) is 5.25. The summed E-state index contributed by atoms with van der Waals surface area (Å²) in [5, 5.41) is 9.54. The van der Waals surface area contributed by atoms with Gasteiger partial charge in [0.05, 0.1) is 6.61 Å². The van der Waals surface area contributed by atoms with Crippen LogP contribution >= 0.6 is 15.9 Å². The number of para-hydroxylation sites is 2. The lowest BCUT2D eigenvalue weighted by atomic mass is 10.1. The van der Waals surface area contributed by atoms with Crippen LogP contribution in [-0.4, -0.2) is 11.8 Å². The van der Waals surface area contributed by atoms with Gasteiger partial charge in [0.25, 0.3) is 0 Å². The lowest BCUT2D eigenvalue weighted by molar-refractivity contribution is -0.0165. The average molecular weight is 383 g/mol. The minimum atomic E-state index is 0.195. The molecule has 0 atom stereocenters. The third-order valence-electron chi connectivity index (χ3n) is 3.65. The maximum atomic E-state index is 9.54. The number of nitriles is 1. The number of aromatic nitrogens is 1. The van der Waals surface area contributed by atoms with Gasteiger partial charge in [-0.3, -0.25) is 0 Å². The van der Waals surface area contributed by atoms with Crippen molar-refractivity contribution in [3.63, 3.8) is 0 Å². The Labute approximate surface area is 146 Å². The number of hydrogen-bond acceptors (Lipinski definition) is 5. The van der Waals surface area contributed by atoms with Gasteiger partial charge in [-0.1, -0.05) is 28.1 Å². The minimum Gasteiger partial charge on any atom is -0.467 e. The Balaban J connectivity index is 1.84. The smallest absolute Gasteiger partial charge is 0.238 e. The van der Waals surface area contributed by atoms with Crippen LogP contribution in [0.5, 0.6) is 5.75 Å². The number of halogens is 1. The topological polar surface area (TPSA) is 68.3 Å². The van der Waals surface area contributed by atoms with E-state index >= 15 is 0 Å². The van der Waals surface area contributed by atoms with Crippen LogP contribution < -0.4 is 4.74 Å². The second-order valence-corrected chi connectivity index (χ2v) is 6.17. The largest absolute Gasteiger partial charge is 0.467 e. The first-order valence-electron chi connectivity index (χ1n) is 7.25. The lowest BCUT2D eigenvalue weighted by Gasteiger charge is -2.20. The zero-order valence-corrected chi connectivity index (χ0v) is 14.0. The number of nitrogens with zero attached hydrogens (tertiary/aromatic N) is 2. The van der Waals surface area contributed by atoms with Crippen molar-refractivity contribution in [3.8, 4) is 11.8 Å². The second kappa shape index (κ2) is 6.11. The van der Waals surface area contributed by atoms with E-state index in [-0.39, 0.29) is 6.79 Å². The van der Waals surface area contributed by atoms with Crippen LogP contribution in [0.4, 0.5) is 0 Å². The van der Waals surface area contributed by atoms with Crippen molar-refractivity contribution in [2.75, 3.05) is 6.79 Å². The number of hydrogen-bond donors (Lipinski definition) is 0. The van der Waals surface area contributed by atoms with Gasteiger partial charge in [0, 0.05) is 15.6 Å². The summed E-state index contributed by atoms with van der Waals surface area (Å²) in [7, 11) is 0. The van der Waals surface area contributed by atoms with Crippen LogP contribution in [0.1, 0.15) is 17.0 Å². The summed E-state index contributed by atoms with van der Waals surface area (Å²) in [6.45, 7) is 0.667. The Hall–Kier alpha value is -2.62. The Morgan fingerprint density at radius 3 is 3.00 bits per heavy atom. The van der Waals surface area contributed by atoms with Crippen LogP contribution in [0, 0.1) is 11.3 Å². The molecule has 0 radical (unpaired) electrons. The fourth-order valence-corrected chi connectivity index (χ4v) is 3.12. The highest BCUT2D eigenvalue weighted by atomic mass is 79.9. The van der Waals surface area contributed by atoms with E-state index in [4.69, 9.17) is 13.9 Å². The molecule has 6 heteroatoms. The lowest BCUT2D eigenvalue weighted by Crippen LogP contribution is -2.12. The number of fused-ring (bicyclic) bond motifs is 2. The fourth-order valence-electron chi connectivity index (χ4n) is 2.60. The van der Waals surface area contributed by atoms with Gasteiger partial charge >= 0.3 is 0 Å². The predicted octanol–water partition coefficient (Wildman–Crippen LogP) is 4.52. The van der Waals surface area contributed by atoms with Gasteiger partial charge in [0.2, 0.25) is 5.89 Å². The molecule has 0 aliphatic carbocycles. The standard InChI is InChI=1S/C18H11BrN2O3/c19-14-6-11(17-13(7-14)9-22-10-23-17)5-12(8-20)18-21-15-3-1-2-4-16(15)24-18/h1-7H,9-10H2. The highest BCUT2D eigenvalue weighted by Gasteiger charge is 2.17. The molecular weight excluding hydrogens is 372 g/mol. The monoisotopic (exact) mass is 382 g/mol. The van der Waals surface area contributed by atoms with E-state index in [0.717, 1.165) is 21.1 Å². The Morgan fingerprint density at radius 2 is 2.17 bits per heavy atom. The molecule has 2 heterocycles. The van der Waals surface area contributed by atoms with Crippen LogP contribution in [0.2, 0.25) is 0 Å². The quantitative estimate of drug-likeness (QED) is 0.609. The fraction of sp³-hybridized carbons (Fsp3) is 0.111. The minimum absolute atomic E-state index is 0.195. The summed E-state index contributed by atoms with van der Waals surface area (Å²) < 4.78 is 17.5. The Morgan fingerprint density at radius 1 is 1.29 bits per heavy atom. The van der Waals surface area contributed by atoms with Crippen LogP contribution in [0.15, 0.2) is 45.3 Å². The van der Waals surface area contributed by atoms with Gasteiger partial charge in [-0.25, -0.2) is 4.98 Å². The van der Waals surface area contributed by atoms with Crippen molar-refractivity contribution in [1.29, 1.82) is 5.26 Å². The van der Waals surface area contributed by atoms with Crippen molar-refractivity contribution in [2.45, 2.75) is 6.61 Å². The molecule has 3 aromatic rings. The van der Waals surface area contributed by atoms with Gasteiger partial charge < -0.3 is 13.9 Å². The van der Waals surface area contributed by atoms with E-state index in [1.807, 2.05) is 36.4 Å². The highest BCUT2D eigenvalue weighted by Crippen LogP contribution is 2.34. The van der Waals surface area contributed by atoms with E-state index in [2.05, 4.69) is 27.0 Å². The van der Waals surface area contributed by atoms with Crippen molar-refractivity contribution in [3.05, 3.63) is 57.9 Å². The molecule has 2 aromatic carbocycles. The van der Waals surface area contributed by atoms with Gasteiger partial charge in [0.1, 0.15) is 22.9 Å². The first kappa shape index (κ1) is 14.9. The zero-order valence-electron chi connectivity index (χ0n) is 12.5. The SMILES string of the molecule is N#CC(=Cc1cc(Br)cc2c1OCOC2)c1nc2ccccc2o1. The van der Waals surface area contributed by atoms with Crippen LogP contribution in [-0.2, 0) is 11.3 Å². The third-order valence-corrected chi connectivity index (χ3v) is 4.11. The third kappa shape index (κ3) is 2.68. The summed E-state index contributed by atoms with van der Waals surface area (Å²) >= 11 is 3.48. The molecule has 0 N–H and O–H groups in total. The summed E-state index contributed by atoms with van der Waals surface area (Å²) in [6.07, 6.45) is 1.72. The molecular formula is C18H11BrN2O3. The molecule has 0 saturated heterocycles. The first-order valence-corrected chi connectivity index (χ1v) is 8.04. The number of rotatable bonds is 2. The van der Waals surface area contributed by atoms with Crippen molar-refractivity contribution >= 4 is 38.7 Å². The predicted molar refractivity (Wildman–Crippen MR) is 91.9 cm³/mol. The molecule has 1 aliphatic rings. The van der Waals surface area contributed by atoms with E-state index in [1.165, 1.54) is 0 Å². The van der Waals surface area contributed by atoms with Crippen molar-refractivity contribution in [1.82, 2.24) is 4.98 Å². The molecule has 0 amide bonds. The van der Waals surface area contributed by atoms with Gasteiger partial charge in [-0.15, -0.1) is 0 Å². The van der Waals surface area contributed by atoms with Crippen LogP contribution in [0.3, 0.4) is 0 Å². The van der Waals surface area contributed by atoms with E-state index in [9.17, 15) is 5.26 Å². The van der Waals surface area contributed by atoms with E-state index < -0.39 is 0 Å². The molecule has 1 aromatic heterocycles. The highest BCUT2D eigenvalue weighted by molar-refractivity contribution is 9.10. The number of allylic oxidation sites excluding steroid dienone is 1. The summed E-state index contributed by atoms with van der Waals surface area (Å²) in [5.41, 5.74) is 3.41. The molecule has 0 bridgehead atoms. The normalized spacial score (nSPS) is 14.1. The number of oxazole rings is 1. The summed E-state index contributed by atoms with van der Waals surface area (Å²) in [4.78, 5) is 4.38. The van der Waals surface area contributed by atoms with E-state index in [1.54, 1.807) is 6.08 Å². The molecule has 0 unspecified atom stereocenters. The van der Waals surface area contributed by atoms with Crippen molar-refractivity contribution in [2.24, 2.45) is 0 Å². The molecule has 5 nitrogen and oxygen atoms in total.